The number of rotatable bonds is 34. The fourth-order valence-corrected chi connectivity index (χ4v) is 14.6. The summed E-state index contributed by atoms with van der Waals surface area (Å²) in [6.07, 6.45) is -2.67. The van der Waals surface area contributed by atoms with Gasteiger partial charge in [-0.1, -0.05) is 36.4 Å². The number of aromatic hydroxyl groups is 2. The van der Waals surface area contributed by atoms with Crippen LogP contribution < -0.4 is 64.5 Å². The van der Waals surface area contributed by atoms with Crippen molar-refractivity contribution in [3.8, 4) is 17.2 Å². The van der Waals surface area contributed by atoms with E-state index < -0.39 is 178 Å². The van der Waals surface area contributed by atoms with Crippen LogP contribution in [0.4, 0.5) is 5.69 Å². The van der Waals surface area contributed by atoms with Gasteiger partial charge in [0.2, 0.25) is 47.1 Å². The van der Waals surface area contributed by atoms with Crippen LogP contribution >= 0.6 is 11.8 Å². The van der Waals surface area contributed by atoms with E-state index in [0.29, 0.717) is 50.6 Å². The second-order valence-electron chi connectivity index (χ2n) is 26.1. The summed E-state index contributed by atoms with van der Waals surface area (Å²) >= 11 is 0.914. The monoisotopic (exact) mass is 1450 g/mol. The lowest BCUT2D eigenvalue weighted by molar-refractivity contribution is -0.249. The van der Waals surface area contributed by atoms with Crippen LogP contribution in [-0.2, 0) is 60.7 Å². The number of aliphatic hydroxyl groups is 3. The number of likely N-dealkylation sites (N-methyl/N-ethyl adjacent to an activating group) is 1. The fraction of sp³-hybridized carbons (Fsp3) is 0.479. The summed E-state index contributed by atoms with van der Waals surface area (Å²) in [7, 11) is 2.72. The number of unbranched alkanes of at least 4 members (excludes halogenated alkanes) is 3. The summed E-state index contributed by atoms with van der Waals surface area (Å²) in [5, 5.41) is 73.2. The van der Waals surface area contributed by atoms with Crippen LogP contribution in [0.1, 0.15) is 149 Å². The van der Waals surface area contributed by atoms with E-state index in [0.717, 1.165) is 27.6 Å². The Morgan fingerprint density at radius 1 is 0.757 bits per heavy atom. The molecule has 2 saturated heterocycles. The van der Waals surface area contributed by atoms with E-state index in [4.69, 9.17) is 37.1 Å². The van der Waals surface area contributed by atoms with Gasteiger partial charge < -0.3 is 99.6 Å². The van der Waals surface area contributed by atoms with Gasteiger partial charge >= 0.3 is 0 Å². The summed E-state index contributed by atoms with van der Waals surface area (Å²) < 4.78 is 17.7. The number of nitrogens with zero attached hydrogens (tertiary/aromatic N) is 1. The number of hydrogen-bond donors (Lipinski definition) is 16. The van der Waals surface area contributed by atoms with Crippen molar-refractivity contribution >= 4 is 93.0 Å². The largest absolute Gasteiger partial charge is 0.507 e. The molecule has 0 spiro atoms. The zero-order chi connectivity index (χ0) is 74.6. The van der Waals surface area contributed by atoms with Crippen molar-refractivity contribution < 1.29 is 92.5 Å². The van der Waals surface area contributed by atoms with Gasteiger partial charge in [0.15, 0.2) is 17.9 Å². The van der Waals surface area contributed by atoms with E-state index >= 15 is 0 Å². The first-order chi connectivity index (χ1) is 49.3. The highest BCUT2D eigenvalue weighted by Crippen LogP contribution is 2.53. The number of phenolic OH excluding ortho intramolecular Hbond substituents is 2. The van der Waals surface area contributed by atoms with Crippen molar-refractivity contribution in [1.82, 2.24) is 36.9 Å². The molecule has 12 atom stereocenters. The number of ketones is 3. The molecule has 2 unspecified atom stereocenters. The number of nitrogens with two attached hydrogens (primary N) is 4. The standard InChI is InChI=1S/C71H90N12O19S/c1-35-59(87)47(28-54(101-35)102-50-31-71(99,52(85)33-84)30-41-56(50)63(91)58-57(61(41)89)60(88)40-17-13-22-49(100-3)55(40)62(58)90)81-64(92)36-14-12-15-38(26-36)83-53(86)29-51(70(83)98)103-34-42(75)65(93)78-45(20-7-10-24-73)67(95)80-46(21-8-11-25-74)68(96)82-48(27-37-32-77-43-18-5-4-16-39(37)43)69(97)79-44(66(94)76-2)19-6-9-23-72/h4-5,12-18,22,26,32,35,42,44-48,50-51,54,59,77,84,87,89,91,99H,6-11,19-21,23-25,27-31,33-34,72-75H2,1-3H3,(H,76,94)(H,78,93)(H,79,97)(H,80,95)(H,81,92)(H,82,96)/t35-,42-,44+,45+,46+,47-,48+,50-,51?,54?,59+,71-/m0/s1. The quantitative estimate of drug-likeness (QED) is 0.0143. The number of H-pyrrole nitrogens is 1. The Kier molecular flexibility index (Phi) is 26.4. The number of anilines is 1. The number of thioether (sulfide) groups is 1. The molecule has 554 valence electrons. The zero-order valence-corrected chi connectivity index (χ0v) is 58.1. The van der Waals surface area contributed by atoms with E-state index in [1.807, 2.05) is 24.3 Å². The molecule has 4 aromatic carbocycles. The van der Waals surface area contributed by atoms with Gasteiger partial charge in [-0.15, -0.1) is 11.8 Å². The molecule has 0 radical (unpaired) electrons. The number of aromatic amines is 1. The molecule has 9 rings (SSSR count). The van der Waals surface area contributed by atoms with Crippen LogP contribution in [0.25, 0.3) is 10.9 Å². The number of amides is 8. The molecule has 32 heteroatoms. The summed E-state index contributed by atoms with van der Waals surface area (Å²) in [4.78, 5) is 158. The molecule has 2 aliphatic heterocycles. The summed E-state index contributed by atoms with van der Waals surface area (Å²) in [6.45, 7) is 1.21. The minimum absolute atomic E-state index is 0.00116. The minimum Gasteiger partial charge on any atom is -0.507 e. The number of Topliss-reactive ketones (excluding diaryl/α,β-unsaturated/α-hetero) is 1. The van der Waals surface area contributed by atoms with Crippen LogP contribution in [-0.4, -0.2) is 207 Å². The predicted octanol–water partition coefficient (Wildman–Crippen LogP) is -0.0388. The lowest BCUT2D eigenvalue weighted by Gasteiger charge is -2.43. The normalized spacial score (nSPS) is 21.4. The Morgan fingerprint density at radius 3 is 1.99 bits per heavy atom. The molecular formula is C71H90N12O19S. The fourth-order valence-electron chi connectivity index (χ4n) is 13.5. The SMILES string of the molecule is CNC(=O)[C@@H](CCCCN)NC(=O)[C@@H](Cc1c[nH]c2ccccc12)NC(=O)[C@@H](CCCCN)NC(=O)[C@@H](CCCCN)NC(=O)[C@@H](N)CSC1CC(=O)N(c2cccc(C(=O)N[C@H]3CC(O[C@H]4C[C@](O)(C(=O)CO)Cc5c(O)c6c(c(O)c54)C(=O)c4c(OC)cccc4C6=O)O[C@@H](C)[C@H]3O)c2)C1=O. The van der Waals surface area contributed by atoms with Gasteiger partial charge in [0.05, 0.1) is 59.0 Å². The van der Waals surface area contributed by atoms with Crippen LogP contribution in [0.5, 0.6) is 17.2 Å². The second-order valence-corrected chi connectivity index (χ2v) is 27.3. The Bertz CT molecular complexity index is 4040. The molecule has 8 amide bonds. The average molecular weight is 1450 g/mol. The molecule has 3 heterocycles. The Hall–Kier alpha value is -9.22. The topological polar surface area (TPSA) is 512 Å². The van der Waals surface area contributed by atoms with Crippen molar-refractivity contribution in [2.24, 2.45) is 22.9 Å². The van der Waals surface area contributed by atoms with Crippen LogP contribution in [0.15, 0.2) is 72.9 Å². The smallest absolute Gasteiger partial charge is 0.251 e. The Morgan fingerprint density at radius 2 is 1.36 bits per heavy atom. The van der Waals surface area contributed by atoms with Gasteiger partial charge in [-0.25, -0.2) is 4.90 Å². The lowest BCUT2D eigenvalue weighted by atomic mass is 9.72. The van der Waals surface area contributed by atoms with Gasteiger partial charge in [-0.05, 0) is 120 Å². The van der Waals surface area contributed by atoms with Crippen LogP contribution in [0.3, 0.4) is 0 Å². The van der Waals surface area contributed by atoms with E-state index in [1.165, 1.54) is 63.5 Å². The molecule has 2 aliphatic carbocycles. The number of fused-ring (bicyclic) bond motifs is 4. The molecule has 103 heavy (non-hydrogen) atoms. The number of methoxy groups -OCH3 is 1. The molecule has 5 aromatic rings. The number of phenols is 2. The van der Waals surface area contributed by atoms with Crippen molar-refractivity contribution in [2.75, 3.05) is 51.1 Å². The third kappa shape index (κ3) is 17.5. The number of nitrogens with one attached hydrogen (secondary N) is 7. The van der Waals surface area contributed by atoms with Crippen molar-refractivity contribution in [3.05, 3.63) is 117 Å². The van der Waals surface area contributed by atoms with Crippen molar-refractivity contribution in [1.29, 1.82) is 0 Å². The number of carbonyl (C=O) groups excluding carboxylic acids is 11. The summed E-state index contributed by atoms with van der Waals surface area (Å²) in [6, 6.07) is 9.86. The number of benzene rings is 4. The third-order valence-electron chi connectivity index (χ3n) is 19.1. The third-order valence-corrected chi connectivity index (χ3v) is 20.4. The second kappa shape index (κ2) is 34.8. The predicted molar refractivity (Wildman–Crippen MR) is 375 cm³/mol. The number of para-hydroxylation sites is 1. The lowest BCUT2D eigenvalue weighted by Crippen LogP contribution is -2.59. The maximum atomic E-state index is 14.5. The van der Waals surface area contributed by atoms with Gasteiger partial charge in [-0.3, -0.25) is 52.7 Å². The van der Waals surface area contributed by atoms with Crippen LogP contribution in [0, 0.1) is 0 Å². The molecule has 0 bridgehead atoms. The van der Waals surface area contributed by atoms with Gasteiger partial charge in [-0.2, -0.15) is 0 Å². The van der Waals surface area contributed by atoms with Gasteiger partial charge in [0.1, 0.15) is 59.7 Å². The van der Waals surface area contributed by atoms with E-state index in [1.54, 1.807) is 6.20 Å². The molecule has 0 saturated carbocycles. The molecule has 4 aliphatic rings. The number of imide groups is 1. The van der Waals surface area contributed by atoms with E-state index in [2.05, 4.69) is 36.9 Å². The zero-order valence-electron chi connectivity index (χ0n) is 57.3. The van der Waals surface area contributed by atoms with Crippen LogP contribution in [0.2, 0.25) is 0 Å². The molecule has 20 N–H and O–H groups in total. The maximum Gasteiger partial charge on any atom is 0.251 e. The molecule has 1 aromatic heterocycles. The number of ether oxygens (including phenoxy) is 3. The van der Waals surface area contributed by atoms with Gasteiger partial charge in [0, 0.05) is 84.3 Å². The van der Waals surface area contributed by atoms with Crippen molar-refractivity contribution in [2.45, 2.75) is 169 Å². The molecular weight excluding hydrogens is 1360 g/mol. The number of hydrogen-bond acceptors (Lipinski definition) is 24. The summed E-state index contributed by atoms with van der Waals surface area (Å²) in [5.41, 5.74) is 20.6. The number of aromatic nitrogens is 1. The molecule has 31 nitrogen and oxygen atoms in total. The average Bonchev–Trinajstić information content (AvgIpc) is 1.37. The summed E-state index contributed by atoms with van der Waals surface area (Å²) in [5.74, 6) is -10.2. The number of aliphatic hydroxyl groups excluding tert-OH is 2. The highest BCUT2D eigenvalue weighted by molar-refractivity contribution is 8.00. The first-order valence-corrected chi connectivity index (χ1v) is 35.3. The van der Waals surface area contributed by atoms with Crippen molar-refractivity contribution in [3.63, 3.8) is 0 Å². The van der Waals surface area contributed by atoms with E-state index in [9.17, 15) is 78.3 Å². The molecule has 2 fully saturated rings. The number of carbonyl (C=O) groups is 11. The Balaban J connectivity index is 0.843. The van der Waals surface area contributed by atoms with E-state index in [-0.39, 0.29) is 96.6 Å². The highest BCUT2D eigenvalue weighted by Gasteiger charge is 2.51. The minimum atomic E-state index is -2.46. The first kappa shape index (κ1) is 77.9. The first-order valence-electron chi connectivity index (χ1n) is 34.3. The van der Waals surface area contributed by atoms with Gasteiger partial charge in [0.25, 0.3) is 5.91 Å². The maximum absolute atomic E-state index is 14.5. The highest BCUT2D eigenvalue weighted by atomic mass is 32.2. The Labute approximate surface area is 597 Å².